The third kappa shape index (κ3) is 5.40. The number of methoxy groups -OCH3 is 1. The van der Waals surface area contributed by atoms with E-state index in [1.165, 1.54) is 0 Å². The Hall–Kier alpha value is -2.24. The molecule has 1 unspecified atom stereocenters. The molecule has 1 atom stereocenters. The first-order valence-electron chi connectivity index (χ1n) is 10.2. The first-order valence-corrected chi connectivity index (χ1v) is 10.2. The van der Waals surface area contributed by atoms with Crippen LogP contribution in [0.3, 0.4) is 0 Å². The van der Waals surface area contributed by atoms with Crippen LogP contribution in [-0.2, 0) is 9.53 Å². The summed E-state index contributed by atoms with van der Waals surface area (Å²) in [7, 11) is 1.65. The van der Waals surface area contributed by atoms with Crippen molar-refractivity contribution in [3.8, 4) is 5.75 Å². The van der Waals surface area contributed by atoms with E-state index in [0.29, 0.717) is 31.8 Å². The molecule has 1 N–H and O–H groups in total. The first kappa shape index (κ1) is 20.5. The molecule has 6 nitrogen and oxygen atoms in total. The van der Waals surface area contributed by atoms with E-state index >= 15 is 0 Å². The second kappa shape index (κ2) is 8.41. The van der Waals surface area contributed by atoms with Gasteiger partial charge in [0, 0.05) is 19.0 Å². The van der Waals surface area contributed by atoms with E-state index in [1.807, 2.05) is 45.0 Å². The number of piperidine rings is 1. The van der Waals surface area contributed by atoms with Crippen LogP contribution in [0.1, 0.15) is 58.1 Å². The normalized spacial score (nSPS) is 19.1. The van der Waals surface area contributed by atoms with E-state index in [1.54, 1.807) is 12.0 Å². The van der Waals surface area contributed by atoms with Crippen molar-refractivity contribution >= 4 is 12.0 Å². The maximum atomic E-state index is 12.9. The van der Waals surface area contributed by atoms with Crippen LogP contribution in [0, 0.1) is 11.8 Å². The number of carbonyl (C=O) groups is 2. The molecule has 0 radical (unpaired) electrons. The number of benzene rings is 1. The number of rotatable bonds is 5. The van der Waals surface area contributed by atoms with Crippen molar-refractivity contribution in [3.63, 3.8) is 0 Å². The number of carbonyl (C=O) groups excluding carboxylic acids is 2. The first-order chi connectivity index (χ1) is 13.3. The summed E-state index contributed by atoms with van der Waals surface area (Å²) < 4.78 is 10.7. The van der Waals surface area contributed by atoms with Gasteiger partial charge < -0.3 is 19.7 Å². The van der Waals surface area contributed by atoms with Crippen molar-refractivity contribution in [2.75, 3.05) is 20.2 Å². The maximum absolute atomic E-state index is 12.9. The quantitative estimate of drug-likeness (QED) is 0.830. The molecule has 1 heterocycles. The summed E-state index contributed by atoms with van der Waals surface area (Å²) in [4.78, 5) is 26.8. The predicted molar refractivity (Wildman–Crippen MR) is 107 cm³/mol. The average molecular weight is 389 g/mol. The van der Waals surface area contributed by atoms with Crippen LogP contribution in [0.15, 0.2) is 24.3 Å². The Morgan fingerprint density at radius 2 is 1.68 bits per heavy atom. The molecule has 28 heavy (non-hydrogen) atoms. The van der Waals surface area contributed by atoms with Crippen LogP contribution in [-0.4, -0.2) is 42.7 Å². The summed E-state index contributed by atoms with van der Waals surface area (Å²) in [5, 5.41) is 3.27. The minimum absolute atomic E-state index is 0.0572. The number of ether oxygens (including phenoxy) is 2. The zero-order valence-corrected chi connectivity index (χ0v) is 17.4. The molecule has 1 aromatic rings. The Balaban J connectivity index is 1.54. The summed E-state index contributed by atoms with van der Waals surface area (Å²) in [6, 6.07) is 8.01. The van der Waals surface area contributed by atoms with Gasteiger partial charge in [-0.2, -0.15) is 0 Å². The predicted octanol–water partition coefficient (Wildman–Crippen LogP) is 3.91. The Morgan fingerprint density at radius 1 is 1.07 bits per heavy atom. The number of amides is 2. The highest BCUT2D eigenvalue weighted by Gasteiger charge is 2.36. The minimum atomic E-state index is -0.499. The largest absolute Gasteiger partial charge is 0.497 e. The molecule has 1 aliphatic carbocycles. The van der Waals surface area contributed by atoms with E-state index in [0.717, 1.165) is 24.2 Å². The fourth-order valence-corrected chi connectivity index (χ4v) is 3.64. The van der Waals surface area contributed by atoms with Gasteiger partial charge in [-0.15, -0.1) is 0 Å². The topological polar surface area (TPSA) is 67.9 Å². The summed E-state index contributed by atoms with van der Waals surface area (Å²) in [6.07, 6.45) is 3.35. The molecule has 1 saturated heterocycles. The van der Waals surface area contributed by atoms with Gasteiger partial charge >= 0.3 is 6.09 Å². The lowest BCUT2D eigenvalue weighted by molar-refractivity contribution is -0.127. The molecule has 1 saturated carbocycles. The summed E-state index contributed by atoms with van der Waals surface area (Å²) in [6.45, 7) is 6.71. The molecular formula is C22H32N2O4. The molecule has 0 spiro atoms. The fourth-order valence-electron chi connectivity index (χ4n) is 3.64. The number of hydrogen-bond donors (Lipinski definition) is 1. The van der Waals surface area contributed by atoms with Gasteiger partial charge in [-0.25, -0.2) is 4.79 Å². The standard InChI is InChI=1S/C22H32N2O4/c1-22(2,3)28-21(26)24-13-11-17(12-14-24)20(25)23-19(15-5-6-15)16-7-9-18(27-4)10-8-16/h7-10,15,17,19H,5-6,11-14H2,1-4H3,(H,23,25). The van der Waals surface area contributed by atoms with E-state index in [9.17, 15) is 9.59 Å². The van der Waals surface area contributed by atoms with Gasteiger partial charge in [-0.3, -0.25) is 4.79 Å². The van der Waals surface area contributed by atoms with Gasteiger partial charge in [0.1, 0.15) is 11.4 Å². The maximum Gasteiger partial charge on any atom is 0.410 e. The highest BCUT2D eigenvalue weighted by atomic mass is 16.6. The van der Waals surface area contributed by atoms with Crippen LogP contribution in [0.4, 0.5) is 4.79 Å². The molecular weight excluding hydrogens is 356 g/mol. The molecule has 3 rings (SSSR count). The Bertz CT molecular complexity index is 683. The smallest absolute Gasteiger partial charge is 0.410 e. The summed E-state index contributed by atoms with van der Waals surface area (Å²) in [5.41, 5.74) is 0.629. The molecule has 1 aliphatic heterocycles. The zero-order chi connectivity index (χ0) is 20.3. The lowest BCUT2D eigenvalue weighted by Gasteiger charge is -2.33. The van der Waals surface area contributed by atoms with Crippen molar-refractivity contribution in [1.29, 1.82) is 0 Å². The van der Waals surface area contributed by atoms with Crippen LogP contribution >= 0.6 is 0 Å². The van der Waals surface area contributed by atoms with Crippen LogP contribution in [0.25, 0.3) is 0 Å². The van der Waals surface area contributed by atoms with Crippen LogP contribution in [0.5, 0.6) is 5.75 Å². The zero-order valence-electron chi connectivity index (χ0n) is 17.4. The van der Waals surface area contributed by atoms with Crippen LogP contribution in [0.2, 0.25) is 0 Å². The third-order valence-corrected chi connectivity index (χ3v) is 5.38. The molecule has 2 fully saturated rings. The summed E-state index contributed by atoms with van der Waals surface area (Å²) >= 11 is 0. The van der Waals surface area contributed by atoms with Crippen LogP contribution < -0.4 is 10.1 Å². The molecule has 2 amide bonds. The molecule has 154 valence electrons. The lowest BCUT2D eigenvalue weighted by Crippen LogP contribution is -2.45. The van der Waals surface area contributed by atoms with Crippen molar-refractivity contribution in [2.45, 2.75) is 58.1 Å². The molecule has 2 aliphatic rings. The Kier molecular flexibility index (Phi) is 6.16. The molecule has 1 aromatic carbocycles. The summed E-state index contributed by atoms with van der Waals surface area (Å²) in [5.74, 6) is 1.37. The minimum Gasteiger partial charge on any atom is -0.497 e. The Labute approximate surface area is 167 Å². The van der Waals surface area contributed by atoms with E-state index in [4.69, 9.17) is 9.47 Å². The number of hydrogen-bond acceptors (Lipinski definition) is 4. The molecule has 6 heteroatoms. The van der Waals surface area contributed by atoms with Gasteiger partial charge in [0.15, 0.2) is 0 Å². The third-order valence-electron chi connectivity index (χ3n) is 5.38. The highest BCUT2D eigenvalue weighted by Crippen LogP contribution is 2.41. The van der Waals surface area contributed by atoms with Gasteiger partial charge in [0.2, 0.25) is 5.91 Å². The number of nitrogens with zero attached hydrogens (tertiary/aromatic N) is 1. The van der Waals surface area contributed by atoms with E-state index in [2.05, 4.69) is 5.32 Å². The van der Waals surface area contributed by atoms with E-state index < -0.39 is 5.60 Å². The highest BCUT2D eigenvalue weighted by molar-refractivity contribution is 5.79. The van der Waals surface area contributed by atoms with Crippen molar-refractivity contribution in [1.82, 2.24) is 10.2 Å². The second-order valence-electron chi connectivity index (χ2n) is 8.84. The van der Waals surface area contributed by atoms with E-state index in [-0.39, 0.29) is 24.0 Å². The number of nitrogens with one attached hydrogen (secondary N) is 1. The van der Waals surface area contributed by atoms with Crippen molar-refractivity contribution in [2.24, 2.45) is 11.8 Å². The average Bonchev–Trinajstić information content (AvgIpc) is 3.50. The van der Waals surface area contributed by atoms with Crippen molar-refractivity contribution in [3.05, 3.63) is 29.8 Å². The molecule has 0 bridgehead atoms. The van der Waals surface area contributed by atoms with Crippen molar-refractivity contribution < 1.29 is 19.1 Å². The van der Waals surface area contributed by atoms with Gasteiger partial charge in [-0.1, -0.05) is 12.1 Å². The monoisotopic (exact) mass is 388 g/mol. The Morgan fingerprint density at radius 3 is 2.18 bits per heavy atom. The van der Waals surface area contributed by atoms with Gasteiger partial charge in [0.05, 0.1) is 13.2 Å². The van der Waals surface area contributed by atoms with Gasteiger partial charge in [-0.05, 0) is 70.1 Å². The lowest BCUT2D eigenvalue weighted by atomic mass is 9.94. The second-order valence-corrected chi connectivity index (χ2v) is 8.84. The SMILES string of the molecule is COc1ccc(C(NC(=O)C2CCN(C(=O)OC(C)(C)C)CC2)C2CC2)cc1. The van der Waals surface area contributed by atoms with Gasteiger partial charge in [0.25, 0.3) is 0 Å². The molecule has 0 aromatic heterocycles. The number of likely N-dealkylation sites (tertiary alicyclic amines) is 1. The fraction of sp³-hybridized carbons (Fsp3) is 0.636.